The quantitative estimate of drug-likeness (QED) is 0.312. The summed E-state index contributed by atoms with van der Waals surface area (Å²) in [7, 11) is 0. The molecule has 0 unspecified atom stereocenters. The van der Waals surface area contributed by atoms with Crippen LogP contribution in [0.4, 0.5) is 0 Å². The lowest BCUT2D eigenvalue weighted by molar-refractivity contribution is -0.130. The molecule has 0 saturated carbocycles. The third-order valence-electron chi connectivity index (χ3n) is 6.31. The number of carbonyl (C=O) groups excluding carboxylic acids is 1. The van der Waals surface area contributed by atoms with E-state index in [1.807, 2.05) is 66.7 Å². The maximum Gasteiger partial charge on any atom is 0.207 e. The third kappa shape index (κ3) is 2.56. The topological polar surface area (TPSA) is 26.3 Å². The molecule has 0 amide bonds. The van der Waals surface area contributed by atoms with Crippen molar-refractivity contribution in [2.75, 3.05) is 0 Å². The van der Waals surface area contributed by atoms with Crippen LogP contribution in [0, 0.1) is 0 Å². The summed E-state index contributed by atoms with van der Waals surface area (Å²) in [6, 6.07) is 25.5. The summed E-state index contributed by atoms with van der Waals surface area (Å²) >= 11 is 12.9. The Morgan fingerprint density at radius 3 is 2.52 bits per heavy atom. The molecule has 6 rings (SSSR count). The van der Waals surface area contributed by atoms with Gasteiger partial charge in [-0.15, -0.1) is 0 Å². The second-order valence-corrected chi connectivity index (χ2v) is 8.76. The number of benzene rings is 4. The predicted molar refractivity (Wildman–Crippen MR) is 125 cm³/mol. The van der Waals surface area contributed by atoms with Crippen molar-refractivity contribution >= 4 is 45.8 Å². The SMILES string of the molecule is O=C1C=Cc2ccccc2[C@@]12Oc1ccc3ccccc3c1[C@@H]2c1ccc(Cl)cc1Cl. The fraction of sp³-hybridized carbons (Fsp3) is 0.0741. The van der Waals surface area contributed by atoms with E-state index in [9.17, 15) is 4.79 Å². The van der Waals surface area contributed by atoms with Crippen molar-refractivity contribution < 1.29 is 9.53 Å². The van der Waals surface area contributed by atoms with Crippen LogP contribution in [-0.2, 0) is 10.4 Å². The lowest BCUT2D eigenvalue weighted by Crippen LogP contribution is -2.45. The van der Waals surface area contributed by atoms with E-state index in [1.54, 1.807) is 12.1 Å². The first-order chi connectivity index (χ1) is 15.1. The molecule has 1 aliphatic carbocycles. The van der Waals surface area contributed by atoms with Crippen LogP contribution in [0.5, 0.6) is 5.75 Å². The number of ether oxygens (including phenoxy) is 1. The molecule has 2 aliphatic rings. The van der Waals surface area contributed by atoms with Gasteiger partial charge in [0.2, 0.25) is 11.4 Å². The molecule has 0 fully saturated rings. The fourth-order valence-corrected chi connectivity index (χ4v) is 5.53. The van der Waals surface area contributed by atoms with E-state index in [-0.39, 0.29) is 5.78 Å². The molecule has 0 saturated heterocycles. The van der Waals surface area contributed by atoms with Crippen molar-refractivity contribution in [1.29, 1.82) is 0 Å². The Morgan fingerprint density at radius 1 is 0.839 bits per heavy atom. The number of halogens is 2. The molecule has 1 aliphatic heterocycles. The first kappa shape index (κ1) is 18.7. The van der Waals surface area contributed by atoms with Crippen LogP contribution >= 0.6 is 23.2 Å². The van der Waals surface area contributed by atoms with E-state index in [0.717, 1.165) is 33.0 Å². The smallest absolute Gasteiger partial charge is 0.207 e. The highest BCUT2D eigenvalue weighted by Gasteiger charge is 2.57. The number of carbonyl (C=O) groups is 1. The molecule has 31 heavy (non-hydrogen) atoms. The zero-order valence-corrected chi connectivity index (χ0v) is 17.8. The van der Waals surface area contributed by atoms with Gasteiger partial charge in [-0.1, -0.05) is 89.9 Å². The highest BCUT2D eigenvalue weighted by Crippen LogP contribution is 2.58. The van der Waals surface area contributed by atoms with Gasteiger partial charge < -0.3 is 4.74 Å². The van der Waals surface area contributed by atoms with E-state index < -0.39 is 11.5 Å². The van der Waals surface area contributed by atoms with Gasteiger partial charge in [-0.2, -0.15) is 0 Å². The predicted octanol–water partition coefficient (Wildman–Crippen LogP) is 7.16. The van der Waals surface area contributed by atoms with Gasteiger partial charge in [-0.25, -0.2) is 0 Å². The molecule has 0 aromatic heterocycles. The van der Waals surface area contributed by atoms with E-state index in [1.165, 1.54) is 0 Å². The molecule has 0 radical (unpaired) electrons. The van der Waals surface area contributed by atoms with Crippen molar-refractivity contribution in [2.45, 2.75) is 11.5 Å². The summed E-state index contributed by atoms with van der Waals surface area (Å²) in [5, 5.41) is 3.20. The minimum absolute atomic E-state index is 0.0949. The Kier molecular flexibility index (Phi) is 4.05. The Bertz CT molecular complexity index is 1420. The number of ketones is 1. The van der Waals surface area contributed by atoms with Gasteiger partial charge in [-0.05, 0) is 46.2 Å². The van der Waals surface area contributed by atoms with Crippen LogP contribution in [-0.4, -0.2) is 5.78 Å². The molecule has 2 nitrogen and oxygen atoms in total. The standard InChI is InChI=1S/C27H16Cl2O2/c28-18-11-12-20(22(29)15-18)26-25-19-7-3-1-5-16(19)9-13-23(25)31-27(26)21-8-4-2-6-17(21)10-14-24(27)30/h1-15,26H/t26-,27+/m0/s1. The minimum Gasteiger partial charge on any atom is -0.473 e. The number of fused-ring (bicyclic) bond motifs is 5. The molecule has 0 bridgehead atoms. The average molecular weight is 443 g/mol. The lowest BCUT2D eigenvalue weighted by atomic mass is 9.69. The number of rotatable bonds is 1. The van der Waals surface area contributed by atoms with Gasteiger partial charge in [0.15, 0.2) is 0 Å². The van der Waals surface area contributed by atoms with Crippen LogP contribution < -0.4 is 4.74 Å². The summed E-state index contributed by atoms with van der Waals surface area (Å²) in [4.78, 5) is 13.7. The van der Waals surface area contributed by atoms with E-state index in [4.69, 9.17) is 27.9 Å². The highest BCUT2D eigenvalue weighted by atomic mass is 35.5. The molecular weight excluding hydrogens is 427 g/mol. The average Bonchev–Trinajstić information content (AvgIpc) is 3.13. The van der Waals surface area contributed by atoms with Crippen molar-refractivity contribution in [3.05, 3.63) is 117 Å². The van der Waals surface area contributed by atoms with Gasteiger partial charge in [0.1, 0.15) is 5.75 Å². The first-order valence-electron chi connectivity index (χ1n) is 10.1. The van der Waals surface area contributed by atoms with Gasteiger partial charge in [0, 0.05) is 21.2 Å². The van der Waals surface area contributed by atoms with Gasteiger partial charge in [0.05, 0.1) is 5.92 Å². The van der Waals surface area contributed by atoms with Gasteiger partial charge in [-0.3, -0.25) is 4.79 Å². The Morgan fingerprint density at radius 2 is 1.65 bits per heavy atom. The van der Waals surface area contributed by atoms with Gasteiger partial charge >= 0.3 is 0 Å². The third-order valence-corrected chi connectivity index (χ3v) is 6.87. The summed E-state index contributed by atoms with van der Waals surface area (Å²) < 4.78 is 6.64. The molecule has 4 heteroatoms. The molecule has 4 aromatic rings. The van der Waals surface area contributed by atoms with Crippen molar-refractivity contribution in [2.24, 2.45) is 0 Å². The van der Waals surface area contributed by atoms with Crippen LogP contribution in [0.2, 0.25) is 10.0 Å². The first-order valence-corrected chi connectivity index (χ1v) is 10.8. The molecule has 4 aromatic carbocycles. The molecule has 150 valence electrons. The summed E-state index contributed by atoms with van der Waals surface area (Å²) in [5.41, 5.74) is 2.38. The molecule has 1 heterocycles. The van der Waals surface area contributed by atoms with E-state index in [2.05, 4.69) is 12.1 Å². The van der Waals surface area contributed by atoms with Crippen molar-refractivity contribution in [3.63, 3.8) is 0 Å². The normalized spacial score (nSPS) is 21.2. The maximum absolute atomic E-state index is 13.7. The Hall–Kier alpha value is -3.07. The minimum atomic E-state index is -1.23. The number of hydrogen-bond donors (Lipinski definition) is 0. The summed E-state index contributed by atoms with van der Waals surface area (Å²) in [5.74, 6) is 0.188. The molecule has 1 spiro atoms. The Labute approximate surface area is 189 Å². The van der Waals surface area contributed by atoms with Crippen LogP contribution in [0.3, 0.4) is 0 Å². The molecular formula is C27H16Cl2O2. The van der Waals surface area contributed by atoms with Crippen LogP contribution in [0.25, 0.3) is 16.8 Å². The fourth-order valence-electron chi connectivity index (χ4n) is 5.01. The highest BCUT2D eigenvalue weighted by molar-refractivity contribution is 6.35. The molecule has 0 N–H and O–H groups in total. The van der Waals surface area contributed by atoms with Crippen molar-refractivity contribution in [3.8, 4) is 5.75 Å². The largest absolute Gasteiger partial charge is 0.473 e. The van der Waals surface area contributed by atoms with E-state index >= 15 is 0 Å². The van der Waals surface area contributed by atoms with Crippen LogP contribution in [0.15, 0.2) is 84.9 Å². The summed E-state index contributed by atoms with van der Waals surface area (Å²) in [6.45, 7) is 0. The lowest BCUT2D eigenvalue weighted by Gasteiger charge is -2.36. The van der Waals surface area contributed by atoms with Gasteiger partial charge in [0.25, 0.3) is 0 Å². The molecule has 2 atom stereocenters. The maximum atomic E-state index is 13.7. The Balaban J connectivity index is 1.74. The second kappa shape index (κ2) is 6.71. The monoisotopic (exact) mass is 442 g/mol. The van der Waals surface area contributed by atoms with E-state index in [0.29, 0.717) is 15.8 Å². The zero-order chi connectivity index (χ0) is 21.2. The van der Waals surface area contributed by atoms with Crippen molar-refractivity contribution in [1.82, 2.24) is 0 Å². The second-order valence-electron chi connectivity index (χ2n) is 7.92. The zero-order valence-electron chi connectivity index (χ0n) is 16.3. The van der Waals surface area contributed by atoms with Crippen LogP contribution in [0.1, 0.15) is 28.2 Å². The number of hydrogen-bond acceptors (Lipinski definition) is 2. The summed E-state index contributed by atoms with van der Waals surface area (Å²) in [6.07, 6.45) is 3.47.